The van der Waals surface area contributed by atoms with Gasteiger partial charge in [-0.1, -0.05) is 12.8 Å². The number of nitrogens with two attached hydrogens (primary N) is 1. The van der Waals surface area contributed by atoms with Gasteiger partial charge in [-0.15, -0.1) is 0 Å². The molecule has 5 heteroatoms. The van der Waals surface area contributed by atoms with Gasteiger partial charge in [0, 0.05) is 12.6 Å². The first-order valence-corrected chi connectivity index (χ1v) is 6.68. The number of rotatable bonds is 4. The summed E-state index contributed by atoms with van der Waals surface area (Å²) in [5, 5.41) is 12.0. The molecule has 1 amide bonds. The van der Waals surface area contributed by atoms with Crippen molar-refractivity contribution in [3.63, 3.8) is 0 Å². The van der Waals surface area contributed by atoms with E-state index in [0.29, 0.717) is 12.8 Å². The van der Waals surface area contributed by atoms with Gasteiger partial charge in [-0.05, 0) is 32.6 Å². The molecule has 2 aliphatic carbocycles. The highest BCUT2D eigenvalue weighted by Crippen LogP contribution is 2.41. The molecule has 0 aromatic rings. The summed E-state index contributed by atoms with van der Waals surface area (Å²) in [6, 6.07) is -0.111. The van der Waals surface area contributed by atoms with Crippen LogP contribution in [0.2, 0.25) is 0 Å². The zero-order valence-electron chi connectivity index (χ0n) is 10.9. The third-order valence-corrected chi connectivity index (χ3v) is 4.90. The van der Waals surface area contributed by atoms with E-state index in [2.05, 4.69) is 5.32 Å². The van der Waals surface area contributed by atoms with Crippen LogP contribution in [0.5, 0.6) is 0 Å². The number of carbonyl (C=O) groups excluding carboxylic acids is 1. The van der Waals surface area contributed by atoms with Crippen LogP contribution in [0.15, 0.2) is 0 Å². The van der Waals surface area contributed by atoms with Crippen LogP contribution in [0.1, 0.15) is 45.4 Å². The van der Waals surface area contributed by atoms with Crippen LogP contribution in [-0.4, -0.2) is 29.6 Å². The first-order chi connectivity index (χ1) is 8.41. The monoisotopic (exact) mass is 254 g/mol. The second kappa shape index (κ2) is 4.53. The van der Waals surface area contributed by atoms with Gasteiger partial charge in [0.05, 0.1) is 10.8 Å². The molecule has 2 fully saturated rings. The van der Waals surface area contributed by atoms with Gasteiger partial charge in [0.15, 0.2) is 0 Å². The molecule has 0 aromatic carbocycles. The van der Waals surface area contributed by atoms with Crippen molar-refractivity contribution >= 4 is 11.9 Å². The second-order valence-electron chi connectivity index (χ2n) is 6.04. The standard InChI is InChI=1S/C13H22N2O3/c1-12(5-2-4-9(12)14)10(16)15-8-13(11(17)18)6-3-7-13/h9H,2-8,14H2,1H3,(H,15,16)(H,17,18). The molecule has 18 heavy (non-hydrogen) atoms. The van der Waals surface area contributed by atoms with E-state index < -0.39 is 16.8 Å². The minimum absolute atomic E-state index is 0.0833. The van der Waals surface area contributed by atoms with Gasteiger partial charge < -0.3 is 16.2 Å². The van der Waals surface area contributed by atoms with Crippen molar-refractivity contribution < 1.29 is 14.7 Å². The van der Waals surface area contributed by atoms with Crippen LogP contribution in [0.3, 0.4) is 0 Å². The average Bonchev–Trinajstić information content (AvgIpc) is 2.58. The molecule has 0 spiro atoms. The molecule has 5 nitrogen and oxygen atoms in total. The lowest BCUT2D eigenvalue weighted by molar-refractivity contribution is -0.154. The molecule has 0 aromatic heterocycles. The average molecular weight is 254 g/mol. The van der Waals surface area contributed by atoms with Gasteiger partial charge in [0.2, 0.25) is 5.91 Å². The lowest BCUT2D eigenvalue weighted by atomic mass is 9.68. The van der Waals surface area contributed by atoms with Crippen molar-refractivity contribution in [3.05, 3.63) is 0 Å². The number of nitrogens with one attached hydrogen (secondary N) is 1. The molecule has 2 atom stereocenters. The van der Waals surface area contributed by atoms with E-state index in [-0.39, 0.29) is 18.5 Å². The van der Waals surface area contributed by atoms with E-state index in [4.69, 9.17) is 5.73 Å². The van der Waals surface area contributed by atoms with Crippen molar-refractivity contribution in [2.45, 2.75) is 51.5 Å². The summed E-state index contributed by atoms with van der Waals surface area (Å²) in [5.41, 5.74) is 4.73. The highest BCUT2D eigenvalue weighted by Gasteiger charge is 2.47. The van der Waals surface area contributed by atoms with E-state index in [9.17, 15) is 14.7 Å². The third kappa shape index (κ3) is 2.00. The summed E-state index contributed by atoms with van der Waals surface area (Å²) < 4.78 is 0. The normalized spacial score (nSPS) is 33.8. The molecular weight excluding hydrogens is 232 g/mol. The maximum absolute atomic E-state index is 12.2. The zero-order chi connectivity index (χ0) is 13.4. The summed E-state index contributed by atoms with van der Waals surface area (Å²) >= 11 is 0. The van der Waals surface area contributed by atoms with Gasteiger partial charge in [-0.2, -0.15) is 0 Å². The number of carboxylic acids is 1. The van der Waals surface area contributed by atoms with Crippen LogP contribution >= 0.6 is 0 Å². The van der Waals surface area contributed by atoms with E-state index in [0.717, 1.165) is 25.7 Å². The van der Waals surface area contributed by atoms with Gasteiger partial charge in [-0.25, -0.2) is 0 Å². The predicted octanol–water partition coefficient (Wildman–Crippen LogP) is 0.875. The Bertz CT molecular complexity index is 365. The Hall–Kier alpha value is -1.10. The molecule has 2 saturated carbocycles. The summed E-state index contributed by atoms with van der Waals surface area (Å²) in [4.78, 5) is 23.4. The maximum atomic E-state index is 12.2. The van der Waals surface area contributed by atoms with Crippen molar-refractivity contribution in [1.29, 1.82) is 0 Å². The third-order valence-electron chi connectivity index (χ3n) is 4.90. The summed E-state index contributed by atoms with van der Waals surface area (Å²) in [6.45, 7) is 2.12. The quantitative estimate of drug-likeness (QED) is 0.694. The molecule has 4 N–H and O–H groups in total. The minimum Gasteiger partial charge on any atom is -0.481 e. The number of amides is 1. The van der Waals surface area contributed by atoms with Crippen molar-refractivity contribution in [2.75, 3.05) is 6.54 Å². The molecule has 2 unspecified atom stereocenters. The van der Waals surface area contributed by atoms with Gasteiger partial charge in [0.1, 0.15) is 0 Å². The Balaban J connectivity index is 1.94. The van der Waals surface area contributed by atoms with Gasteiger partial charge >= 0.3 is 5.97 Å². The molecular formula is C13H22N2O3. The Kier molecular flexibility index (Phi) is 3.36. The van der Waals surface area contributed by atoms with E-state index >= 15 is 0 Å². The topological polar surface area (TPSA) is 92.4 Å². The van der Waals surface area contributed by atoms with E-state index in [1.54, 1.807) is 0 Å². The first-order valence-electron chi connectivity index (χ1n) is 6.68. The Morgan fingerprint density at radius 3 is 2.39 bits per heavy atom. The Morgan fingerprint density at radius 2 is 2.00 bits per heavy atom. The highest BCUT2D eigenvalue weighted by atomic mass is 16.4. The number of carboxylic acid groups (broad SMARTS) is 1. The van der Waals surface area contributed by atoms with Crippen LogP contribution in [0.4, 0.5) is 0 Å². The van der Waals surface area contributed by atoms with Crippen LogP contribution in [0.25, 0.3) is 0 Å². The smallest absolute Gasteiger partial charge is 0.311 e. The van der Waals surface area contributed by atoms with Crippen LogP contribution < -0.4 is 11.1 Å². The zero-order valence-corrected chi connectivity index (χ0v) is 10.9. The minimum atomic E-state index is -0.796. The largest absolute Gasteiger partial charge is 0.481 e. The lowest BCUT2D eigenvalue weighted by Crippen LogP contribution is -2.53. The molecule has 2 aliphatic rings. The summed E-state index contributed by atoms with van der Waals surface area (Å²) in [5.74, 6) is -0.880. The van der Waals surface area contributed by atoms with Crippen molar-refractivity contribution in [1.82, 2.24) is 5.32 Å². The highest BCUT2D eigenvalue weighted by molar-refractivity contribution is 5.84. The van der Waals surface area contributed by atoms with Crippen LogP contribution in [-0.2, 0) is 9.59 Å². The molecule has 0 radical (unpaired) electrons. The lowest BCUT2D eigenvalue weighted by Gasteiger charge is -2.38. The maximum Gasteiger partial charge on any atom is 0.311 e. The molecule has 0 bridgehead atoms. The van der Waals surface area contributed by atoms with Crippen LogP contribution in [0, 0.1) is 10.8 Å². The van der Waals surface area contributed by atoms with Crippen molar-refractivity contribution in [3.8, 4) is 0 Å². The molecule has 102 valence electrons. The number of hydrogen-bond acceptors (Lipinski definition) is 3. The molecule has 0 saturated heterocycles. The summed E-state index contributed by atoms with van der Waals surface area (Å²) in [6.07, 6.45) is 4.87. The second-order valence-corrected chi connectivity index (χ2v) is 6.04. The predicted molar refractivity (Wildman–Crippen MR) is 66.9 cm³/mol. The molecule has 0 aliphatic heterocycles. The summed E-state index contributed by atoms with van der Waals surface area (Å²) in [7, 11) is 0. The first kappa shape index (κ1) is 13.3. The van der Waals surface area contributed by atoms with Crippen molar-refractivity contribution in [2.24, 2.45) is 16.6 Å². The number of hydrogen-bond donors (Lipinski definition) is 3. The fourth-order valence-corrected chi connectivity index (χ4v) is 3.00. The van der Waals surface area contributed by atoms with Gasteiger partial charge in [-0.3, -0.25) is 9.59 Å². The Morgan fingerprint density at radius 1 is 1.33 bits per heavy atom. The van der Waals surface area contributed by atoms with E-state index in [1.165, 1.54) is 0 Å². The Labute approximate surface area is 107 Å². The SMILES string of the molecule is CC1(C(=O)NCC2(C(=O)O)CCC2)CCCC1N. The number of aliphatic carboxylic acids is 1. The van der Waals surface area contributed by atoms with E-state index in [1.807, 2.05) is 6.92 Å². The fraction of sp³-hybridized carbons (Fsp3) is 0.846. The van der Waals surface area contributed by atoms with Gasteiger partial charge in [0.25, 0.3) is 0 Å². The number of carbonyl (C=O) groups is 2. The molecule has 2 rings (SSSR count). The fourth-order valence-electron chi connectivity index (χ4n) is 3.00. The molecule has 0 heterocycles.